The molecule has 0 amide bonds. The fourth-order valence-electron chi connectivity index (χ4n) is 0.738. The average Bonchev–Trinajstić information content (AvgIpc) is 2.04. The summed E-state index contributed by atoms with van der Waals surface area (Å²) in [6, 6.07) is 5.00. The topological polar surface area (TPSA) is 26.3 Å². The van der Waals surface area contributed by atoms with Gasteiger partial charge in [0.05, 0.1) is 10.0 Å². The third-order valence-electron chi connectivity index (χ3n) is 1.21. The van der Waals surface area contributed by atoms with E-state index in [0.717, 1.165) is 0 Å². The standard InChI is InChI=1S/C8H6Cl2O2/c9-6-2-1-3-7(10)8(6)12-5-4-11/h1-4H,5H2. The minimum Gasteiger partial charge on any atom is -0.483 e. The van der Waals surface area contributed by atoms with Crippen LogP contribution in [0.4, 0.5) is 0 Å². The second-order valence-electron chi connectivity index (χ2n) is 2.03. The highest BCUT2D eigenvalue weighted by molar-refractivity contribution is 6.37. The summed E-state index contributed by atoms with van der Waals surface area (Å²) < 4.78 is 4.98. The zero-order chi connectivity index (χ0) is 8.97. The lowest BCUT2D eigenvalue weighted by Gasteiger charge is -2.05. The Hall–Kier alpha value is -0.730. The van der Waals surface area contributed by atoms with Crippen molar-refractivity contribution in [2.45, 2.75) is 0 Å². The number of para-hydroxylation sites is 1. The van der Waals surface area contributed by atoms with Crippen molar-refractivity contribution < 1.29 is 9.53 Å². The maximum Gasteiger partial charge on any atom is 0.157 e. The smallest absolute Gasteiger partial charge is 0.157 e. The molecule has 0 saturated heterocycles. The van der Waals surface area contributed by atoms with Gasteiger partial charge < -0.3 is 4.74 Å². The first-order chi connectivity index (χ1) is 5.75. The van der Waals surface area contributed by atoms with Gasteiger partial charge in [-0.25, -0.2) is 0 Å². The van der Waals surface area contributed by atoms with Crippen molar-refractivity contribution in [1.82, 2.24) is 0 Å². The van der Waals surface area contributed by atoms with E-state index in [0.29, 0.717) is 22.1 Å². The van der Waals surface area contributed by atoms with E-state index in [1.807, 2.05) is 0 Å². The molecule has 0 saturated carbocycles. The van der Waals surface area contributed by atoms with Crippen LogP contribution in [0.3, 0.4) is 0 Å². The lowest BCUT2D eigenvalue weighted by molar-refractivity contribution is -0.109. The largest absolute Gasteiger partial charge is 0.483 e. The van der Waals surface area contributed by atoms with E-state index in [9.17, 15) is 4.79 Å². The summed E-state index contributed by atoms with van der Waals surface area (Å²) in [5, 5.41) is 0.814. The van der Waals surface area contributed by atoms with E-state index in [4.69, 9.17) is 27.9 Å². The molecule has 0 atom stereocenters. The van der Waals surface area contributed by atoms with Gasteiger partial charge in [0.1, 0.15) is 6.61 Å². The molecule has 0 spiro atoms. The molecule has 0 fully saturated rings. The molecule has 0 aliphatic rings. The van der Waals surface area contributed by atoms with Gasteiger partial charge >= 0.3 is 0 Å². The van der Waals surface area contributed by atoms with Crippen LogP contribution < -0.4 is 4.74 Å². The van der Waals surface area contributed by atoms with Gasteiger partial charge in [-0.1, -0.05) is 29.3 Å². The molecule has 0 radical (unpaired) electrons. The van der Waals surface area contributed by atoms with E-state index in [2.05, 4.69) is 0 Å². The predicted octanol–water partition coefficient (Wildman–Crippen LogP) is 2.57. The molecule has 1 aromatic carbocycles. The maximum absolute atomic E-state index is 9.99. The van der Waals surface area contributed by atoms with Gasteiger partial charge in [-0.3, -0.25) is 4.79 Å². The van der Waals surface area contributed by atoms with Crippen molar-refractivity contribution in [2.75, 3.05) is 6.61 Å². The summed E-state index contributed by atoms with van der Waals surface area (Å²) in [5.74, 6) is 0.355. The van der Waals surface area contributed by atoms with Crippen molar-refractivity contribution in [2.24, 2.45) is 0 Å². The van der Waals surface area contributed by atoms with Gasteiger partial charge in [0, 0.05) is 0 Å². The normalized spacial score (nSPS) is 9.50. The van der Waals surface area contributed by atoms with E-state index in [1.54, 1.807) is 18.2 Å². The molecule has 0 aromatic heterocycles. The summed E-state index contributed by atoms with van der Waals surface area (Å²) in [7, 11) is 0. The predicted molar refractivity (Wildman–Crippen MR) is 48.0 cm³/mol. The van der Waals surface area contributed by atoms with Crippen LogP contribution in [0.25, 0.3) is 0 Å². The highest BCUT2D eigenvalue weighted by Gasteiger charge is 2.04. The van der Waals surface area contributed by atoms with Gasteiger partial charge in [0.15, 0.2) is 12.0 Å². The number of hydrogen-bond acceptors (Lipinski definition) is 2. The molecule has 0 unspecified atom stereocenters. The van der Waals surface area contributed by atoms with Gasteiger partial charge in [0.25, 0.3) is 0 Å². The first-order valence-corrected chi connectivity index (χ1v) is 4.01. The van der Waals surface area contributed by atoms with Crippen molar-refractivity contribution in [3.8, 4) is 5.75 Å². The number of rotatable bonds is 3. The quantitative estimate of drug-likeness (QED) is 0.708. The fraction of sp³-hybridized carbons (Fsp3) is 0.125. The minimum absolute atomic E-state index is 0.0382. The Balaban J connectivity index is 2.88. The molecule has 1 rings (SSSR count). The van der Waals surface area contributed by atoms with Crippen molar-refractivity contribution in [3.05, 3.63) is 28.2 Å². The first kappa shape index (κ1) is 9.36. The highest BCUT2D eigenvalue weighted by atomic mass is 35.5. The van der Waals surface area contributed by atoms with Crippen molar-refractivity contribution in [1.29, 1.82) is 0 Å². The fourth-order valence-corrected chi connectivity index (χ4v) is 1.24. The third kappa shape index (κ3) is 2.13. The van der Waals surface area contributed by atoms with Crippen LogP contribution in [0.5, 0.6) is 5.75 Å². The zero-order valence-electron chi connectivity index (χ0n) is 6.09. The van der Waals surface area contributed by atoms with Crippen LogP contribution in [-0.4, -0.2) is 12.9 Å². The highest BCUT2D eigenvalue weighted by Crippen LogP contribution is 2.31. The molecular formula is C8H6Cl2O2. The lowest BCUT2D eigenvalue weighted by atomic mass is 10.3. The molecule has 0 bridgehead atoms. The number of ether oxygens (including phenoxy) is 1. The van der Waals surface area contributed by atoms with E-state index in [1.165, 1.54) is 0 Å². The number of carbonyl (C=O) groups excluding carboxylic acids is 1. The van der Waals surface area contributed by atoms with E-state index in [-0.39, 0.29) is 6.61 Å². The van der Waals surface area contributed by atoms with Crippen LogP contribution in [0, 0.1) is 0 Å². The second kappa shape index (κ2) is 4.33. The molecule has 0 heterocycles. The maximum atomic E-state index is 9.99. The van der Waals surface area contributed by atoms with Crippen LogP contribution >= 0.6 is 23.2 Å². The van der Waals surface area contributed by atoms with E-state index < -0.39 is 0 Å². The first-order valence-electron chi connectivity index (χ1n) is 3.26. The van der Waals surface area contributed by atoms with E-state index >= 15 is 0 Å². The molecule has 64 valence electrons. The summed E-state index contributed by atoms with van der Waals surface area (Å²) in [5.41, 5.74) is 0. The second-order valence-corrected chi connectivity index (χ2v) is 2.84. The van der Waals surface area contributed by atoms with Crippen LogP contribution in [0.15, 0.2) is 18.2 Å². The molecule has 4 heteroatoms. The van der Waals surface area contributed by atoms with Gasteiger partial charge in [0.2, 0.25) is 0 Å². The van der Waals surface area contributed by atoms with Gasteiger partial charge in [-0.05, 0) is 12.1 Å². The number of carbonyl (C=O) groups is 1. The minimum atomic E-state index is -0.0382. The Labute approximate surface area is 80.0 Å². The van der Waals surface area contributed by atoms with Crippen LogP contribution in [-0.2, 0) is 4.79 Å². The molecule has 1 aromatic rings. The number of hydrogen-bond donors (Lipinski definition) is 0. The average molecular weight is 205 g/mol. The number of benzene rings is 1. The number of aldehydes is 1. The number of halogens is 2. The van der Waals surface area contributed by atoms with Crippen LogP contribution in [0.1, 0.15) is 0 Å². The summed E-state index contributed by atoms with van der Waals surface area (Å²) in [6.07, 6.45) is 0.639. The third-order valence-corrected chi connectivity index (χ3v) is 1.81. The summed E-state index contributed by atoms with van der Waals surface area (Å²) in [6.45, 7) is -0.0382. The molecule has 0 aliphatic heterocycles. The zero-order valence-corrected chi connectivity index (χ0v) is 7.60. The molecular weight excluding hydrogens is 199 g/mol. The summed E-state index contributed by atoms with van der Waals surface area (Å²) in [4.78, 5) is 9.99. The molecule has 0 aliphatic carbocycles. The monoisotopic (exact) mass is 204 g/mol. The van der Waals surface area contributed by atoms with Crippen molar-refractivity contribution in [3.63, 3.8) is 0 Å². The Morgan fingerprint density at radius 2 is 1.92 bits per heavy atom. The Morgan fingerprint density at radius 3 is 2.42 bits per heavy atom. The lowest BCUT2D eigenvalue weighted by Crippen LogP contribution is -1.98. The SMILES string of the molecule is O=CCOc1c(Cl)cccc1Cl. The molecule has 12 heavy (non-hydrogen) atoms. The molecule has 2 nitrogen and oxygen atoms in total. The van der Waals surface area contributed by atoms with Crippen LogP contribution in [0.2, 0.25) is 10.0 Å². The Morgan fingerprint density at radius 1 is 1.33 bits per heavy atom. The van der Waals surface area contributed by atoms with Gasteiger partial charge in [-0.2, -0.15) is 0 Å². The molecule has 0 N–H and O–H groups in total. The Bertz CT molecular complexity index is 266. The summed E-state index contributed by atoms with van der Waals surface area (Å²) >= 11 is 11.5. The van der Waals surface area contributed by atoms with Crippen molar-refractivity contribution >= 4 is 29.5 Å². The Kier molecular flexibility index (Phi) is 3.38. The van der Waals surface area contributed by atoms with Gasteiger partial charge in [-0.15, -0.1) is 0 Å².